The molecule has 0 unspecified atom stereocenters. The van der Waals surface area contributed by atoms with Crippen LogP contribution in [-0.2, 0) is 9.36 Å². The van der Waals surface area contributed by atoms with Crippen molar-refractivity contribution in [3.63, 3.8) is 0 Å². The Morgan fingerprint density at radius 1 is 1.38 bits per heavy atom. The lowest BCUT2D eigenvalue weighted by molar-refractivity contribution is -0.312. The number of halogens is 1. The largest absolute Gasteiger partial charge is 0.810 e. The molecule has 0 heterocycles. The Morgan fingerprint density at radius 2 is 1.77 bits per heavy atom. The van der Waals surface area contributed by atoms with Gasteiger partial charge in [0.15, 0.2) is 5.78 Å². The number of hydrogen-bond acceptors (Lipinski definition) is 4. The Balaban J connectivity index is 4.50. The average molecular weight is 227 g/mol. The Labute approximate surface area is 82.4 Å². The minimum atomic E-state index is -4.78. The van der Waals surface area contributed by atoms with Crippen LogP contribution in [0.3, 0.4) is 0 Å². The number of alkyl halides is 1. The van der Waals surface area contributed by atoms with Crippen molar-refractivity contribution < 1.29 is 19.1 Å². The second-order valence-electron chi connectivity index (χ2n) is 2.86. The summed E-state index contributed by atoms with van der Waals surface area (Å²) in [7, 11) is -4.78. The first-order valence-corrected chi connectivity index (χ1v) is 6.09. The molecule has 6 heteroatoms. The van der Waals surface area contributed by atoms with Crippen molar-refractivity contribution in [3.05, 3.63) is 0 Å². The van der Waals surface area contributed by atoms with E-state index in [-0.39, 0.29) is 0 Å². The van der Waals surface area contributed by atoms with Crippen LogP contribution in [0.1, 0.15) is 26.7 Å². The van der Waals surface area contributed by atoms with Crippen molar-refractivity contribution in [2.24, 2.45) is 0 Å². The fraction of sp³-hybridized carbons (Fsp3) is 0.857. The van der Waals surface area contributed by atoms with Gasteiger partial charge in [-0.2, -0.15) is 0 Å². The van der Waals surface area contributed by atoms with Gasteiger partial charge in [0.2, 0.25) is 0 Å². The molecular weight excluding hydrogens is 214 g/mol. The van der Waals surface area contributed by atoms with E-state index in [4.69, 9.17) is 11.6 Å². The SMILES string of the molecule is CCC(Cl)(CC)C(=O)CP(=O)([O-])[O-]. The van der Waals surface area contributed by atoms with Crippen molar-refractivity contribution in [1.29, 1.82) is 0 Å². The van der Waals surface area contributed by atoms with Crippen LogP contribution in [-0.4, -0.2) is 16.8 Å². The molecule has 0 rings (SSSR count). The van der Waals surface area contributed by atoms with Gasteiger partial charge in [-0.15, -0.1) is 11.6 Å². The summed E-state index contributed by atoms with van der Waals surface area (Å²) >= 11 is 5.82. The lowest BCUT2D eigenvalue weighted by Gasteiger charge is -2.32. The van der Waals surface area contributed by atoms with E-state index in [0.29, 0.717) is 12.8 Å². The fourth-order valence-electron chi connectivity index (χ4n) is 0.962. The second kappa shape index (κ2) is 4.56. The van der Waals surface area contributed by atoms with E-state index in [1.165, 1.54) is 0 Å². The van der Waals surface area contributed by atoms with Crippen LogP contribution in [0, 0.1) is 0 Å². The van der Waals surface area contributed by atoms with Gasteiger partial charge in [0, 0.05) is 6.16 Å². The normalized spacial score (nSPS) is 13.0. The zero-order valence-corrected chi connectivity index (χ0v) is 9.23. The summed E-state index contributed by atoms with van der Waals surface area (Å²) in [6, 6.07) is 0. The highest BCUT2D eigenvalue weighted by Gasteiger charge is 2.31. The van der Waals surface area contributed by atoms with Crippen molar-refractivity contribution in [1.82, 2.24) is 0 Å². The lowest BCUT2D eigenvalue weighted by Crippen LogP contribution is -2.36. The highest BCUT2D eigenvalue weighted by atomic mass is 35.5. The first-order chi connectivity index (χ1) is 5.75. The topological polar surface area (TPSA) is 80.3 Å². The first kappa shape index (κ1) is 13.1. The van der Waals surface area contributed by atoms with E-state index < -0.39 is 24.4 Å². The third kappa shape index (κ3) is 4.23. The van der Waals surface area contributed by atoms with Crippen molar-refractivity contribution in [2.45, 2.75) is 31.6 Å². The van der Waals surface area contributed by atoms with Crippen molar-refractivity contribution >= 4 is 25.0 Å². The monoisotopic (exact) mass is 226 g/mol. The van der Waals surface area contributed by atoms with Gasteiger partial charge in [-0.25, -0.2) is 0 Å². The summed E-state index contributed by atoms with van der Waals surface area (Å²) in [6.45, 7) is 3.35. The molecular formula is C7H12ClO4P-2. The van der Waals surface area contributed by atoms with Gasteiger partial charge in [-0.3, -0.25) is 4.79 Å². The van der Waals surface area contributed by atoms with Crippen LogP contribution in [0.2, 0.25) is 0 Å². The van der Waals surface area contributed by atoms with Gasteiger partial charge in [0.25, 0.3) is 0 Å². The van der Waals surface area contributed by atoms with Crippen LogP contribution in [0.15, 0.2) is 0 Å². The van der Waals surface area contributed by atoms with Gasteiger partial charge in [-0.05, 0) is 12.8 Å². The van der Waals surface area contributed by atoms with Crippen molar-refractivity contribution in [3.8, 4) is 0 Å². The van der Waals surface area contributed by atoms with E-state index in [0.717, 1.165) is 0 Å². The van der Waals surface area contributed by atoms with Crippen molar-refractivity contribution in [2.75, 3.05) is 6.16 Å². The zero-order valence-electron chi connectivity index (χ0n) is 7.58. The Hall–Kier alpha value is 0.110. The molecule has 0 saturated heterocycles. The summed E-state index contributed by atoms with van der Waals surface area (Å²) in [5, 5.41) is 0. The molecule has 0 spiro atoms. The van der Waals surface area contributed by atoms with Crippen LogP contribution < -0.4 is 9.79 Å². The van der Waals surface area contributed by atoms with Gasteiger partial charge in [0.05, 0.1) is 0 Å². The molecule has 0 radical (unpaired) electrons. The average Bonchev–Trinajstić information content (AvgIpc) is 2.00. The maximum atomic E-state index is 11.2. The number of hydrogen-bond donors (Lipinski definition) is 0. The molecule has 0 aromatic rings. The summed E-state index contributed by atoms with van der Waals surface area (Å²) in [6.07, 6.45) is -0.341. The predicted octanol–water partition coefficient (Wildman–Crippen LogP) is 0.267. The lowest BCUT2D eigenvalue weighted by atomic mass is 9.98. The van der Waals surface area contributed by atoms with Crippen LogP contribution in [0.25, 0.3) is 0 Å². The van der Waals surface area contributed by atoms with Crippen LogP contribution in [0.4, 0.5) is 0 Å². The summed E-state index contributed by atoms with van der Waals surface area (Å²) in [5.41, 5.74) is 0. The quantitative estimate of drug-likeness (QED) is 0.498. The fourth-order valence-corrected chi connectivity index (χ4v) is 1.78. The number of ketones is 1. The molecule has 0 aromatic heterocycles. The molecule has 78 valence electrons. The Bertz CT molecular complexity index is 231. The number of rotatable bonds is 5. The first-order valence-electron chi connectivity index (χ1n) is 3.98. The summed E-state index contributed by atoms with van der Waals surface area (Å²) in [4.78, 5) is 30.7. The zero-order chi connectivity index (χ0) is 10.7. The van der Waals surface area contributed by atoms with Gasteiger partial charge in [0.1, 0.15) is 4.87 Å². The summed E-state index contributed by atoms with van der Waals surface area (Å²) < 4.78 is 10.3. The molecule has 0 aliphatic rings. The van der Waals surface area contributed by atoms with E-state index in [2.05, 4.69) is 0 Å². The molecule has 0 bridgehead atoms. The molecule has 4 nitrogen and oxygen atoms in total. The third-order valence-corrected chi connectivity index (χ3v) is 3.38. The Morgan fingerprint density at radius 3 is 2.00 bits per heavy atom. The van der Waals surface area contributed by atoms with E-state index in [9.17, 15) is 19.1 Å². The molecule has 0 atom stereocenters. The molecule has 0 aliphatic carbocycles. The van der Waals surface area contributed by atoms with Crippen LogP contribution in [0.5, 0.6) is 0 Å². The van der Waals surface area contributed by atoms with Gasteiger partial charge >= 0.3 is 0 Å². The van der Waals surface area contributed by atoms with Crippen LogP contribution >= 0.6 is 19.2 Å². The second-order valence-corrected chi connectivity index (χ2v) is 5.13. The smallest absolute Gasteiger partial charge is 0.158 e. The number of carbonyl (C=O) groups is 1. The highest BCUT2D eigenvalue weighted by molar-refractivity contribution is 7.49. The van der Waals surface area contributed by atoms with E-state index in [1.54, 1.807) is 13.8 Å². The van der Waals surface area contributed by atoms with Gasteiger partial charge < -0.3 is 14.4 Å². The number of carbonyl (C=O) groups excluding carboxylic acids is 1. The Kier molecular flexibility index (Phi) is 4.60. The number of Topliss-reactive ketones (excluding diaryl/α,β-unsaturated/α-hetero) is 1. The minimum absolute atomic E-state index is 0.323. The molecule has 13 heavy (non-hydrogen) atoms. The van der Waals surface area contributed by atoms with Gasteiger partial charge in [-0.1, -0.05) is 21.4 Å². The molecule has 0 aliphatic heterocycles. The maximum absolute atomic E-state index is 11.2. The molecule has 0 saturated carbocycles. The third-order valence-electron chi connectivity index (χ3n) is 1.96. The highest BCUT2D eigenvalue weighted by Crippen LogP contribution is 2.31. The van der Waals surface area contributed by atoms with E-state index in [1.807, 2.05) is 0 Å². The molecule has 0 aromatic carbocycles. The standard InChI is InChI=1S/C7H14ClO4P/c1-3-7(8,4-2)6(9)5-13(10,11)12/h3-5H2,1-2H3,(H2,10,11,12)/p-2. The molecule has 0 amide bonds. The maximum Gasteiger partial charge on any atom is 0.158 e. The molecule has 0 fully saturated rings. The minimum Gasteiger partial charge on any atom is -0.810 e. The summed E-state index contributed by atoms with van der Waals surface area (Å²) in [5.74, 6) is -0.701. The predicted molar refractivity (Wildman–Crippen MR) is 46.6 cm³/mol. The van der Waals surface area contributed by atoms with E-state index >= 15 is 0 Å². The molecule has 0 N–H and O–H groups in total.